The van der Waals surface area contributed by atoms with Crippen LogP contribution in [-0.4, -0.2) is 29.3 Å². The molecule has 154 valence electrons. The first-order valence-electron chi connectivity index (χ1n) is 9.93. The van der Waals surface area contributed by atoms with Gasteiger partial charge in [-0.15, -0.1) is 0 Å². The number of anilines is 1. The van der Waals surface area contributed by atoms with E-state index in [0.29, 0.717) is 35.0 Å². The largest absolute Gasteiger partial charge is 0.454 e. The van der Waals surface area contributed by atoms with Gasteiger partial charge in [0.25, 0.3) is 0 Å². The predicted octanol–water partition coefficient (Wildman–Crippen LogP) is 4.49. The molecule has 3 rings (SSSR count). The number of benzene rings is 2. The lowest BCUT2D eigenvalue weighted by atomic mass is 10.0. The van der Waals surface area contributed by atoms with Crippen molar-refractivity contribution in [3.05, 3.63) is 70.9 Å². The van der Waals surface area contributed by atoms with Crippen LogP contribution >= 0.6 is 0 Å². The summed E-state index contributed by atoms with van der Waals surface area (Å²) in [6.07, 6.45) is 1.07. The summed E-state index contributed by atoms with van der Waals surface area (Å²) in [4.78, 5) is 41.4. The van der Waals surface area contributed by atoms with Crippen molar-refractivity contribution in [3.63, 3.8) is 0 Å². The summed E-state index contributed by atoms with van der Waals surface area (Å²) in [6, 6.07) is 13.9. The SMILES string of the molecule is CCC(=O)Nc1ccc(C(=O)COC(=O)c2c(C)c(CC)nc3ccccc23)cc1. The first kappa shape index (κ1) is 21.2. The highest BCUT2D eigenvalue weighted by Crippen LogP contribution is 2.24. The number of esters is 1. The number of para-hydroxylation sites is 1. The number of hydrogen-bond donors (Lipinski definition) is 1. The molecule has 3 aromatic rings. The van der Waals surface area contributed by atoms with Gasteiger partial charge in [0.05, 0.1) is 11.1 Å². The Labute approximate surface area is 175 Å². The Bertz CT molecular complexity index is 1100. The number of aromatic nitrogens is 1. The third kappa shape index (κ3) is 4.54. The molecule has 0 bridgehead atoms. The molecule has 1 amide bonds. The van der Waals surface area contributed by atoms with Crippen LogP contribution in [0.2, 0.25) is 0 Å². The summed E-state index contributed by atoms with van der Waals surface area (Å²) in [6.45, 7) is 5.23. The zero-order valence-corrected chi connectivity index (χ0v) is 17.3. The number of hydrogen-bond acceptors (Lipinski definition) is 5. The quantitative estimate of drug-likeness (QED) is 0.463. The third-order valence-corrected chi connectivity index (χ3v) is 4.92. The molecule has 1 N–H and O–H groups in total. The van der Waals surface area contributed by atoms with Crippen molar-refractivity contribution in [3.8, 4) is 0 Å². The van der Waals surface area contributed by atoms with E-state index in [0.717, 1.165) is 16.8 Å². The van der Waals surface area contributed by atoms with Gasteiger partial charge in [0.15, 0.2) is 12.4 Å². The van der Waals surface area contributed by atoms with Crippen molar-refractivity contribution in [1.82, 2.24) is 4.98 Å². The summed E-state index contributed by atoms with van der Waals surface area (Å²) in [7, 11) is 0. The molecule has 0 radical (unpaired) electrons. The van der Waals surface area contributed by atoms with Crippen molar-refractivity contribution in [2.24, 2.45) is 0 Å². The van der Waals surface area contributed by atoms with E-state index in [2.05, 4.69) is 10.3 Å². The van der Waals surface area contributed by atoms with Gasteiger partial charge in [0.2, 0.25) is 5.91 Å². The molecule has 0 aliphatic rings. The molecule has 6 heteroatoms. The smallest absolute Gasteiger partial charge is 0.339 e. The van der Waals surface area contributed by atoms with Crippen molar-refractivity contribution in [2.45, 2.75) is 33.6 Å². The maximum absolute atomic E-state index is 12.8. The van der Waals surface area contributed by atoms with E-state index in [1.165, 1.54) is 0 Å². The lowest BCUT2D eigenvalue weighted by Crippen LogP contribution is -2.16. The van der Waals surface area contributed by atoms with E-state index >= 15 is 0 Å². The number of amides is 1. The number of nitrogens with zero attached hydrogens (tertiary/aromatic N) is 1. The molecular formula is C24H24N2O4. The van der Waals surface area contributed by atoms with Gasteiger partial charge in [0.1, 0.15) is 0 Å². The normalized spacial score (nSPS) is 10.6. The second-order valence-corrected chi connectivity index (χ2v) is 6.91. The van der Waals surface area contributed by atoms with E-state index in [9.17, 15) is 14.4 Å². The summed E-state index contributed by atoms with van der Waals surface area (Å²) < 4.78 is 5.36. The lowest BCUT2D eigenvalue weighted by Gasteiger charge is -2.13. The van der Waals surface area contributed by atoms with Gasteiger partial charge in [-0.25, -0.2) is 4.79 Å². The molecule has 0 saturated heterocycles. The van der Waals surface area contributed by atoms with Crippen LogP contribution in [0.5, 0.6) is 0 Å². The molecule has 2 aromatic carbocycles. The fraction of sp³-hybridized carbons (Fsp3) is 0.250. The second-order valence-electron chi connectivity index (χ2n) is 6.91. The molecule has 0 aliphatic carbocycles. The monoisotopic (exact) mass is 404 g/mol. The number of nitrogens with one attached hydrogen (secondary N) is 1. The Kier molecular flexibility index (Phi) is 6.57. The Morgan fingerprint density at radius 1 is 1.00 bits per heavy atom. The number of carbonyl (C=O) groups excluding carboxylic acids is 3. The molecule has 0 unspecified atom stereocenters. The summed E-state index contributed by atoms with van der Waals surface area (Å²) in [5.41, 5.74) is 3.79. The third-order valence-electron chi connectivity index (χ3n) is 4.92. The summed E-state index contributed by atoms with van der Waals surface area (Å²) >= 11 is 0. The van der Waals surface area contributed by atoms with Crippen LogP contribution in [0.4, 0.5) is 5.69 Å². The van der Waals surface area contributed by atoms with Crippen molar-refractivity contribution >= 4 is 34.3 Å². The molecule has 0 fully saturated rings. The highest BCUT2D eigenvalue weighted by Gasteiger charge is 2.20. The number of aryl methyl sites for hydroxylation is 1. The average molecular weight is 404 g/mol. The van der Waals surface area contributed by atoms with Crippen LogP contribution in [-0.2, 0) is 16.0 Å². The molecule has 0 spiro atoms. The molecule has 30 heavy (non-hydrogen) atoms. The topological polar surface area (TPSA) is 85.4 Å². The number of pyridine rings is 1. The molecule has 0 atom stereocenters. The predicted molar refractivity (Wildman–Crippen MR) is 116 cm³/mol. The maximum atomic E-state index is 12.8. The summed E-state index contributed by atoms with van der Waals surface area (Å²) in [5, 5.41) is 3.43. The van der Waals surface area contributed by atoms with E-state index in [1.54, 1.807) is 31.2 Å². The van der Waals surface area contributed by atoms with Gasteiger partial charge in [-0.3, -0.25) is 14.6 Å². The first-order chi connectivity index (χ1) is 14.4. The molecule has 0 aliphatic heterocycles. The van der Waals surface area contributed by atoms with Gasteiger partial charge in [-0.2, -0.15) is 0 Å². The summed E-state index contributed by atoms with van der Waals surface area (Å²) in [5.74, 6) is -0.959. The number of Topliss-reactive ketones (excluding diaryl/α,β-unsaturated/α-hetero) is 1. The highest BCUT2D eigenvalue weighted by atomic mass is 16.5. The molecular weight excluding hydrogens is 380 g/mol. The second kappa shape index (κ2) is 9.31. The standard InChI is InChI=1S/C24H24N2O4/c1-4-19-15(3)23(18-8-6-7-9-20(18)26-19)24(29)30-14-21(27)16-10-12-17(13-11-16)25-22(28)5-2/h6-13H,4-5,14H2,1-3H3,(H,25,28). The Hall–Kier alpha value is -3.54. The van der Waals surface area contributed by atoms with Crippen LogP contribution < -0.4 is 5.32 Å². The van der Waals surface area contributed by atoms with Gasteiger partial charge in [-0.1, -0.05) is 32.0 Å². The number of ketones is 1. The average Bonchev–Trinajstić information content (AvgIpc) is 2.77. The van der Waals surface area contributed by atoms with E-state index in [4.69, 9.17) is 4.74 Å². The Balaban J connectivity index is 1.75. The van der Waals surface area contributed by atoms with Gasteiger partial charge in [-0.05, 0) is 49.2 Å². The first-order valence-corrected chi connectivity index (χ1v) is 9.93. The van der Waals surface area contributed by atoms with Crippen molar-refractivity contribution in [2.75, 3.05) is 11.9 Å². The van der Waals surface area contributed by atoms with E-state index in [1.807, 2.05) is 38.1 Å². The minimum Gasteiger partial charge on any atom is -0.454 e. The zero-order chi connectivity index (χ0) is 21.7. The Morgan fingerprint density at radius 2 is 1.70 bits per heavy atom. The number of rotatable bonds is 7. The van der Waals surface area contributed by atoms with E-state index < -0.39 is 5.97 Å². The van der Waals surface area contributed by atoms with Crippen LogP contribution in [0.1, 0.15) is 52.2 Å². The van der Waals surface area contributed by atoms with Crippen LogP contribution in [0.3, 0.4) is 0 Å². The van der Waals surface area contributed by atoms with Crippen molar-refractivity contribution in [1.29, 1.82) is 0 Å². The number of fused-ring (bicyclic) bond motifs is 1. The minimum absolute atomic E-state index is 0.102. The lowest BCUT2D eigenvalue weighted by molar-refractivity contribution is -0.115. The maximum Gasteiger partial charge on any atom is 0.339 e. The van der Waals surface area contributed by atoms with Crippen LogP contribution in [0, 0.1) is 6.92 Å². The number of ether oxygens (including phenoxy) is 1. The van der Waals surface area contributed by atoms with Crippen LogP contribution in [0.25, 0.3) is 10.9 Å². The minimum atomic E-state index is -0.541. The van der Waals surface area contributed by atoms with Gasteiger partial charge in [0, 0.05) is 28.8 Å². The Morgan fingerprint density at radius 3 is 2.37 bits per heavy atom. The number of carbonyl (C=O) groups is 3. The molecule has 1 aromatic heterocycles. The van der Waals surface area contributed by atoms with Crippen molar-refractivity contribution < 1.29 is 19.1 Å². The molecule has 1 heterocycles. The van der Waals surface area contributed by atoms with Crippen LogP contribution in [0.15, 0.2) is 48.5 Å². The fourth-order valence-electron chi connectivity index (χ4n) is 3.24. The fourth-order valence-corrected chi connectivity index (χ4v) is 3.24. The van der Waals surface area contributed by atoms with E-state index in [-0.39, 0.29) is 18.3 Å². The molecule has 0 saturated carbocycles. The molecule has 6 nitrogen and oxygen atoms in total. The highest BCUT2D eigenvalue weighted by molar-refractivity contribution is 6.06. The zero-order valence-electron chi connectivity index (χ0n) is 17.3. The van der Waals surface area contributed by atoms with Gasteiger partial charge >= 0.3 is 5.97 Å². The van der Waals surface area contributed by atoms with Gasteiger partial charge < -0.3 is 10.1 Å².